The maximum absolute atomic E-state index is 13.7. The van der Waals surface area contributed by atoms with E-state index in [0.717, 1.165) is 0 Å². The number of aryl methyl sites for hydroxylation is 2. The monoisotopic (exact) mass is 333 g/mol. The van der Waals surface area contributed by atoms with Crippen molar-refractivity contribution in [2.45, 2.75) is 33.2 Å². The fourth-order valence-electron chi connectivity index (χ4n) is 2.45. The fourth-order valence-corrected chi connectivity index (χ4v) is 2.45. The lowest BCUT2D eigenvalue weighted by Gasteiger charge is -2.15. The van der Waals surface area contributed by atoms with Crippen LogP contribution in [0.25, 0.3) is 0 Å². The van der Waals surface area contributed by atoms with E-state index in [-0.39, 0.29) is 23.6 Å². The van der Waals surface area contributed by atoms with E-state index in [1.54, 1.807) is 26.8 Å². The topological polar surface area (TPSA) is 84.1 Å². The molecule has 2 aromatic rings. The molecule has 1 aromatic carbocycles. The first-order valence-electron chi connectivity index (χ1n) is 7.51. The number of hydrogen-bond acceptors (Lipinski definition) is 4. The molecule has 1 amide bonds. The van der Waals surface area contributed by atoms with Crippen LogP contribution in [0, 0.1) is 19.7 Å². The molecule has 7 heteroatoms. The highest BCUT2D eigenvalue weighted by atomic mass is 19.1. The summed E-state index contributed by atoms with van der Waals surface area (Å²) in [5.74, 6) is -0.182. The predicted octanol–water partition coefficient (Wildman–Crippen LogP) is 1.95. The Morgan fingerprint density at radius 1 is 1.42 bits per heavy atom. The molecule has 128 valence electrons. The number of aromatic nitrogens is 2. The normalized spacial score (nSPS) is 11.9. The molecule has 1 heterocycles. The molecule has 0 bridgehead atoms. The van der Waals surface area contributed by atoms with Crippen LogP contribution in [-0.4, -0.2) is 23.0 Å². The first kappa shape index (κ1) is 17.7. The second-order valence-corrected chi connectivity index (χ2v) is 5.58. The van der Waals surface area contributed by atoms with Crippen molar-refractivity contribution in [2.24, 2.45) is 0 Å². The number of aromatic amines is 1. The van der Waals surface area contributed by atoms with E-state index < -0.39 is 11.9 Å². The average Bonchev–Trinajstić information content (AvgIpc) is 2.50. The van der Waals surface area contributed by atoms with Crippen molar-refractivity contribution in [3.05, 3.63) is 57.0 Å². The van der Waals surface area contributed by atoms with Crippen molar-refractivity contribution in [3.8, 4) is 5.75 Å². The van der Waals surface area contributed by atoms with E-state index in [9.17, 15) is 14.0 Å². The zero-order valence-corrected chi connectivity index (χ0v) is 14.1. The minimum atomic E-state index is -0.494. The van der Waals surface area contributed by atoms with Crippen LogP contribution in [0.3, 0.4) is 0 Å². The van der Waals surface area contributed by atoms with E-state index in [1.807, 2.05) is 0 Å². The molecular formula is C17H20FN3O3. The van der Waals surface area contributed by atoms with Gasteiger partial charge in [0, 0.05) is 11.3 Å². The number of carbonyl (C=O) groups excluding carboxylic acids is 1. The van der Waals surface area contributed by atoms with Gasteiger partial charge in [-0.25, -0.2) is 9.37 Å². The summed E-state index contributed by atoms with van der Waals surface area (Å²) in [7, 11) is 1.39. The van der Waals surface area contributed by atoms with E-state index in [0.29, 0.717) is 22.6 Å². The number of nitrogens with zero attached hydrogens (tertiary/aromatic N) is 1. The number of H-pyrrole nitrogens is 1. The molecule has 24 heavy (non-hydrogen) atoms. The van der Waals surface area contributed by atoms with Crippen LogP contribution in [0.2, 0.25) is 0 Å². The van der Waals surface area contributed by atoms with Crippen LogP contribution >= 0.6 is 0 Å². The Morgan fingerprint density at radius 2 is 2.12 bits per heavy atom. The van der Waals surface area contributed by atoms with Crippen molar-refractivity contribution in [3.63, 3.8) is 0 Å². The summed E-state index contributed by atoms with van der Waals surface area (Å²) in [5, 5.41) is 2.75. The first-order chi connectivity index (χ1) is 11.3. The number of rotatable bonds is 5. The fraction of sp³-hybridized carbons (Fsp3) is 0.353. The molecule has 0 fully saturated rings. The maximum atomic E-state index is 13.7. The summed E-state index contributed by atoms with van der Waals surface area (Å²) in [6.07, 6.45) is -0.0859. The van der Waals surface area contributed by atoms with Gasteiger partial charge in [0.2, 0.25) is 5.91 Å². The molecule has 6 nitrogen and oxygen atoms in total. The third-order valence-corrected chi connectivity index (χ3v) is 3.73. The molecule has 0 saturated heterocycles. The second kappa shape index (κ2) is 7.25. The molecule has 0 saturated carbocycles. The lowest BCUT2D eigenvalue weighted by atomic mass is 10.1. The maximum Gasteiger partial charge on any atom is 0.254 e. The number of benzene rings is 1. The number of amides is 1. The minimum Gasteiger partial charge on any atom is -0.494 e. The van der Waals surface area contributed by atoms with Gasteiger partial charge in [0.15, 0.2) is 11.6 Å². The van der Waals surface area contributed by atoms with Gasteiger partial charge in [-0.3, -0.25) is 9.59 Å². The molecule has 0 aliphatic carbocycles. The lowest BCUT2D eigenvalue weighted by Crippen LogP contribution is -2.31. The van der Waals surface area contributed by atoms with Crippen molar-refractivity contribution >= 4 is 5.91 Å². The Bertz CT molecular complexity index is 817. The Hall–Kier alpha value is -2.70. The highest BCUT2D eigenvalue weighted by molar-refractivity contribution is 5.79. The van der Waals surface area contributed by atoms with Gasteiger partial charge in [-0.15, -0.1) is 0 Å². The Labute approximate surface area is 139 Å². The molecule has 1 atom stereocenters. The Balaban J connectivity index is 2.10. The van der Waals surface area contributed by atoms with Crippen LogP contribution in [0.1, 0.15) is 35.6 Å². The third-order valence-electron chi connectivity index (χ3n) is 3.73. The largest absolute Gasteiger partial charge is 0.494 e. The van der Waals surface area contributed by atoms with Gasteiger partial charge in [-0.1, -0.05) is 6.07 Å². The van der Waals surface area contributed by atoms with Gasteiger partial charge in [0.1, 0.15) is 5.82 Å². The van der Waals surface area contributed by atoms with Crippen LogP contribution < -0.4 is 15.6 Å². The van der Waals surface area contributed by atoms with Crippen LogP contribution in [0.4, 0.5) is 4.39 Å². The number of carbonyl (C=O) groups is 1. The van der Waals surface area contributed by atoms with E-state index in [1.165, 1.54) is 19.2 Å². The first-order valence-corrected chi connectivity index (χ1v) is 7.51. The Morgan fingerprint density at radius 3 is 2.71 bits per heavy atom. The molecule has 0 spiro atoms. The Kier molecular flexibility index (Phi) is 5.33. The number of ether oxygens (including phenoxy) is 1. The van der Waals surface area contributed by atoms with Crippen molar-refractivity contribution in [1.29, 1.82) is 0 Å². The van der Waals surface area contributed by atoms with E-state index >= 15 is 0 Å². The highest BCUT2D eigenvalue weighted by Crippen LogP contribution is 2.21. The van der Waals surface area contributed by atoms with Gasteiger partial charge in [0.05, 0.1) is 19.6 Å². The lowest BCUT2D eigenvalue weighted by molar-refractivity contribution is -0.121. The third kappa shape index (κ3) is 3.98. The van der Waals surface area contributed by atoms with E-state index in [2.05, 4.69) is 15.3 Å². The number of halogens is 1. The summed E-state index contributed by atoms with van der Waals surface area (Å²) in [4.78, 5) is 30.8. The predicted molar refractivity (Wildman–Crippen MR) is 87.5 cm³/mol. The zero-order valence-electron chi connectivity index (χ0n) is 14.1. The summed E-state index contributed by atoms with van der Waals surface area (Å²) >= 11 is 0. The number of methoxy groups -OCH3 is 1. The zero-order chi connectivity index (χ0) is 17.9. The van der Waals surface area contributed by atoms with Gasteiger partial charge in [0.25, 0.3) is 5.56 Å². The van der Waals surface area contributed by atoms with Gasteiger partial charge in [-0.05, 0) is 38.5 Å². The highest BCUT2D eigenvalue weighted by Gasteiger charge is 2.15. The molecule has 1 aromatic heterocycles. The SMILES string of the molecule is COc1ccc(C(C)NC(=O)Cc2c(C)nc(C)[nH]c2=O)cc1F. The quantitative estimate of drug-likeness (QED) is 0.876. The number of hydrogen-bond donors (Lipinski definition) is 2. The summed E-state index contributed by atoms with van der Waals surface area (Å²) < 4.78 is 18.6. The van der Waals surface area contributed by atoms with Crippen LogP contribution in [0.15, 0.2) is 23.0 Å². The van der Waals surface area contributed by atoms with Crippen LogP contribution in [0.5, 0.6) is 5.75 Å². The molecule has 2 rings (SSSR count). The molecule has 0 aliphatic rings. The average molecular weight is 333 g/mol. The second-order valence-electron chi connectivity index (χ2n) is 5.58. The molecule has 2 N–H and O–H groups in total. The standard InChI is InChI=1S/C17H20FN3O3/c1-9(12-5-6-15(24-4)14(18)7-12)20-16(22)8-13-10(2)19-11(3)21-17(13)23/h5-7,9H,8H2,1-4H3,(H,20,22)(H,19,21,23). The summed E-state index contributed by atoms with van der Waals surface area (Å²) in [5.41, 5.74) is 1.13. The van der Waals surface area contributed by atoms with Crippen molar-refractivity contribution < 1.29 is 13.9 Å². The minimum absolute atomic E-state index is 0.0859. The van der Waals surface area contributed by atoms with Gasteiger partial charge in [-0.2, -0.15) is 0 Å². The van der Waals surface area contributed by atoms with E-state index in [4.69, 9.17) is 4.74 Å². The van der Waals surface area contributed by atoms with Crippen molar-refractivity contribution in [1.82, 2.24) is 15.3 Å². The summed E-state index contributed by atoms with van der Waals surface area (Å²) in [6, 6.07) is 4.09. The van der Waals surface area contributed by atoms with Crippen LogP contribution in [-0.2, 0) is 11.2 Å². The molecule has 0 radical (unpaired) electrons. The molecule has 1 unspecified atom stereocenters. The van der Waals surface area contributed by atoms with Gasteiger partial charge >= 0.3 is 0 Å². The smallest absolute Gasteiger partial charge is 0.254 e. The van der Waals surface area contributed by atoms with Crippen molar-refractivity contribution in [2.75, 3.05) is 7.11 Å². The molecular weight excluding hydrogens is 313 g/mol. The number of nitrogens with one attached hydrogen (secondary N) is 2. The van der Waals surface area contributed by atoms with Gasteiger partial charge < -0.3 is 15.0 Å². The summed E-state index contributed by atoms with van der Waals surface area (Å²) in [6.45, 7) is 5.11. The molecule has 0 aliphatic heterocycles.